The highest BCUT2D eigenvalue weighted by Gasteiger charge is 2.30. The van der Waals surface area contributed by atoms with Crippen molar-refractivity contribution >= 4 is 40.1 Å². The van der Waals surface area contributed by atoms with Crippen LogP contribution in [0, 0.1) is 6.92 Å². The Morgan fingerprint density at radius 2 is 1.90 bits per heavy atom. The average molecular weight is 426 g/mol. The van der Waals surface area contributed by atoms with E-state index in [0.717, 1.165) is 35.3 Å². The van der Waals surface area contributed by atoms with E-state index in [9.17, 15) is 9.59 Å². The molecule has 0 unspecified atom stereocenters. The number of aryl methyl sites for hydroxylation is 1. The van der Waals surface area contributed by atoms with E-state index >= 15 is 0 Å². The molecule has 3 aromatic rings. The zero-order valence-corrected chi connectivity index (χ0v) is 18.2. The van der Waals surface area contributed by atoms with Crippen LogP contribution in [-0.2, 0) is 5.54 Å². The summed E-state index contributed by atoms with van der Waals surface area (Å²) in [6.07, 6.45) is 2.15. The van der Waals surface area contributed by atoms with Gasteiger partial charge in [0.15, 0.2) is 5.65 Å². The van der Waals surface area contributed by atoms with Crippen molar-refractivity contribution in [3.8, 4) is 0 Å². The summed E-state index contributed by atoms with van der Waals surface area (Å²) in [7, 11) is 0. The highest BCUT2D eigenvalue weighted by Crippen LogP contribution is 2.41. The Bertz CT molecular complexity index is 1190. The zero-order valence-electron chi connectivity index (χ0n) is 17.4. The number of hydrogen-bond donors (Lipinski definition) is 2. The van der Waals surface area contributed by atoms with Crippen LogP contribution >= 0.6 is 11.6 Å². The molecule has 0 saturated heterocycles. The number of aromatic nitrogens is 3. The molecule has 7 nitrogen and oxygen atoms in total. The molecule has 2 heterocycles. The Kier molecular flexibility index (Phi) is 4.81. The number of nitrogens with zero attached hydrogens (tertiary/aromatic N) is 3. The minimum atomic E-state index is -0.618. The highest BCUT2D eigenvalue weighted by molar-refractivity contribution is 6.34. The molecule has 3 N–H and O–H groups in total. The first-order valence-corrected chi connectivity index (χ1v) is 10.3. The van der Waals surface area contributed by atoms with Crippen molar-refractivity contribution in [3.63, 3.8) is 0 Å². The summed E-state index contributed by atoms with van der Waals surface area (Å²) in [5, 5.41) is 8.49. The number of primary amides is 1. The van der Waals surface area contributed by atoms with E-state index in [1.54, 1.807) is 6.07 Å². The molecule has 1 aliphatic carbocycles. The highest BCUT2D eigenvalue weighted by atomic mass is 35.5. The van der Waals surface area contributed by atoms with Crippen molar-refractivity contribution in [2.75, 3.05) is 5.32 Å². The van der Waals surface area contributed by atoms with Crippen molar-refractivity contribution in [3.05, 3.63) is 51.8 Å². The molecular weight excluding hydrogens is 402 g/mol. The maximum Gasteiger partial charge on any atom is 0.256 e. The molecule has 1 saturated carbocycles. The second-order valence-corrected chi connectivity index (χ2v) is 9.16. The predicted molar refractivity (Wildman–Crippen MR) is 117 cm³/mol. The number of halogens is 1. The van der Waals surface area contributed by atoms with Gasteiger partial charge in [-0.1, -0.05) is 11.6 Å². The van der Waals surface area contributed by atoms with Crippen LogP contribution in [-0.4, -0.2) is 26.6 Å². The lowest BCUT2D eigenvalue weighted by molar-refractivity contribution is 0.0998. The van der Waals surface area contributed by atoms with Gasteiger partial charge in [-0.2, -0.15) is 5.10 Å². The topological polar surface area (TPSA) is 103 Å². The summed E-state index contributed by atoms with van der Waals surface area (Å²) in [5.41, 5.74) is 8.64. The van der Waals surface area contributed by atoms with E-state index in [4.69, 9.17) is 22.3 Å². The number of benzene rings is 1. The summed E-state index contributed by atoms with van der Waals surface area (Å²) in [5.74, 6) is -0.509. The number of nitrogens with one attached hydrogen (secondary N) is 1. The number of pyridine rings is 1. The van der Waals surface area contributed by atoms with Crippen LogP contribution in [0.3, 0.4) is 0 Å². The van der Waals surface area contributed by atoms with Gasteiger partial charge in [0.1, 0.15) is 0 Å². The summed E-state index contributed by atoms with van der Waals surface area (Å²) >= 11 is 6.13. The van der Waals surface area contributed by atoms with Crippen LogP contribution < -0.4 is 11.1 Å². The van der Waals surface area contributed by atoms with Crippen molar-refractivity contribution in [1.29, 1.82) is 0 Å². The molecule has 4 rings (SSSR count). The lowest BCUT2D eigenvalue weighted by atomic mass is 10.1. The monoisotopic (exact) mass is 425 g/mol. The minimum Gasteiger partial charge on any atom is -0.366 e. The van der Waals surface area contributed by atoms with Gasteiger partial charge in [0.05, 0.1) is 32.8 Å². The SMILES string of the molecule is Cc1nn(C(C)(C)C)c2nc(C3CC3)cc(C(=O)Nc3ccc(C(N)=O)c(Cl)c3)c12. The Labute approximate surface area is 179 Å². The zero-order chi connectivity index (χ0) is 21.8. The first-order valence-electron chi connectivity index (χ1n) is 9.87. The Balaban J connectivity index is 1.79. The predicted octanol–water partition coefficient (Wildman–Crippen LogP) is 4.38. The molecule has 0 atom stereocenters. The van der Waals surface area contributed by atoms with Crippen LogP contribution in [0.15, 0.2) is 24.3 Å². The molecule has 2 aromatic heterocycles. The van der Waals surface area contributed by atoms with Crippen LogP contribution in [0.25, 0.3) is 11.0 Å². The number of carbonyl (C=O) groups is 2. The lowest BCUT2D eigenvalue weighted by Crippen LogP contribution is -2.23. The van der Waals surface area contributed by atoms with Gasteiger partial charge >= 0.3 is 0 Å². The Hall–Kier alpha value is -2.93. The van der Waals surface area contributed by atoms with E-state index < -0.39 is 5.91 Å². The van der Waals surface area contributed by atoms with Gasteiger partial charge in [0, 0.05) is 17.3 Å². The molecule has 1 fully saturated rings. The Morgan fingerprint density at radius 1 is 1.20 bits per heavy atom. The molecule has 1 aliphatic rings. The normalized spacial score (nSPS) is 14.2. The molecule has 0 spiro atoms. The van der Waals surface area contributed by atoms with Gasteiger partial charge in [-0.05, 0) is 64.8 Å². The molecule has 1 aromatic carbocycles. The summed E-state index contributed by atoms with van der Waals surface area (Å²) in [4.78, 5) is 29.5. The molecule has 0 bridgehead atoms. The number of nitrogens with two attached hydrogens (primary N) is 1. The van der Waals surface area contributed by atoms with Gasteiger partial charge in [0.2, 0.25) is 5.91 Å². The van der Waals surface area contributed by atoms with Crippen molar-refractivity contribution in [2.45, 2.75) is 52.0 Å². The van der Waals surface area contributed by atoms with Crippen LogP contribution in [0.5, 0.6) is 0 Å². The third-order valence-electron chi connectivity index (χ3n) is 5.20. The molecule has 30 heavy (non-hydrogen) atoms. The second kappa shape index (κ2) is 7.09. The molecular formula is C22H24ClN5O2. The maximum absolute atomic E-state index is 13.3. The van der Waals surface area contributed by atoms with Gasteiger partial charge in [-0.15, -0.1) is 0 Å². The first kappa shape index (κ1) is 20.3. The standard InChI is InChI=1S/C22H24ClN5O2/c1-11-18-15(21(30)25-13-7-8-14(19(24)29)16(23)9-13)10-17(12-5-6-12)26-20(18)28(27-11)22(2,3)4/h7-10,12H,5-6H2,1-4H3,(H2,24,29)(H,25,30). The summed E-state index contributed by atoms with van der Waals surface area (Å²) in [6.45, 7) is 8.07. The van der Waals surface area contributed by atoms with E-state index in [-0.39, 0.29) is 22.0 Å². The van der Waals surface area contributed by atoms with Gasteiger partial charge < -0.3 is 11.1 Å². The number of anilines is 1. The minimum absolute atomic E-state index is 0.190. The number of carbonyl (C=O) groups excluding carboxylic acids is 2. The largest absolute Gasteiger partial charge is 0.366 e. The van der Waals surface area contributed by atoms with Gasteiger partial charge in [0.25, 0.3) is 5.91 Å². The van der Waals surface area contributed by atoms with E-state index in [1.807, 2.05) is 17.7 Å². The number of amides is 2. The third kappa shape index (κ3) is 3.65. The molecule has 0 radical (unpaired) electrons. The molecule has 8 heteroatoms. The summed E-state index contributed by atoms with van der Waals surface area (Å²) < 4.78 is 1.89. The number of rotatable bonds is 4. The van der Waals surface area contributed by atoms with E-state index in [0.29, 0.717) is 17.2 Å². The fourth-order valence-electron chi connectivity index (χ4n) is 3.53. The fourth-order valence-corrected chi connectivity index (χ4v) is 3.81. The maximum atomic E-state index is 13.3. The lowest BCUT2D eigenvalue weighted by Gasteiger charge is -2.20. The average Bonchev–Trinajstić information content (AvgIpc) is 3.44. The van der Waals surface area contributed by atoms with Crippen LogP contribution in [0.2, 0.25) is 5.02 Å². The third-order valence-corrected chi connectivity index (χ3v) is 5.51. The van der Waals surface area contributed by atoms with E-state index in [1.165, 1.54) is 12.1 Å². The molecule has 156 valence electrons. The Morgan fingerprint density at radius 3 is 2.47 bits per heavy atom. The second-order valence-electron chi connectivity index (χ2n) is 8.75. The number of fused-ring (bicyclic) bond motifs is 1. The van der Waals surface area contributed by atoms with Crippen LogP contribution in [0.1, 0.15) is 71.6 Å². The fraction of sp³-hybridized carbons (Fsp3) is 0.364. The van der Waals surface area contributed by atoms with E-state index in [2.05, 4.69) is 31.2 Å². The summed E-state index contributed by atoms with van der Waals surface area (Å²) in [6, 6.07) is 6.50. The van der Waals surface area contributed by atoms with Crippen LogP contribution in [0.4, 0.5) is 5.69 Å². The van der Waals surface area contributed by atoms with Crippen molar-refractivity contribution < 1.29 is 9.59 Å². The van der Waals surface area contributed by atoms with Gasteiger partial charge in [-0.25, -0.2) is 9.67 Å². The number of hydrogen-bond acceptors (Lipinski definition) is 4. The van der Waals surface area contributed by atoms with Gasteiger partial charge in [-0.3, -0.25) is 9.59 Å². The first-order chi connectivity index (χ1) is 14.1. The van der Waals surface area contributed by atoms with Crippen molar-refractivity contribution in [2.24, 2.45) is 5.73 Å². The van der Waals surface area contributed by atoms with Crippen molar-refractivity contribution in [1.82, 2.24) is 14.8 Å². The molecule has 2 amide bonds. The quantitative estimate of drug-likeness (QED) is 0.647. The molecule has 0 aliphatic heterocycles. The smallest absolute Gasteiger partial charge is 0.256 e.